The van der Waals surface area contributed by atoms with Gasteiger partial charge < -0.3 is 5.32 Å². The van der Waals surface area contributed by atoms with Crippen LogP contribution in [-0.4, -0.2) is 37.0 Å². The molecule has 1 amide bonds. The molecule has 0 bridgehead atoms. The summed E-state index contributed by atoms with van der Waals surface area (Å²) in [5.41, 5.74) is 0. The number of amides is 1. The fourth-order valence-corrected chi connectivity index (χ4v) is 3.18. The average molecular weight is 266 g/mol. The molecule has 1 aliphatic rings. The second-order valence-electron chi connectivity index (χ2n) is 5.16. The van der Waals surface area contributed by atoms with Gasteiger partial charge in [0.25, 0.3) is 0 Å². The minimum absolute atomic E-state index is 0.167. The van der Waals surface area contributed by atoms with E-state index >= 15 is 0 Å². The zero-order valence-corrected chi connectivity index (χ0v) is 11.8. The fraction of sp³-hybridized carbons (Fsp3) is 0.643. The Labute approximate surface area is 113 Å². The summed E-state index contributed by atoms with van der Waals surface area (Å²) in [6.45, 7) is 5.72. The van der Waals surface area contributed by atoms with E-state index in [-0.39, 0.29) is 5.91 Å². The van der Waals surface area contributed by atoms with Crippen molar-refractivity contribution in [3.63, 3.8) is 0 Å². The van der Waals surface area contributed by atoms with Crippen molar-refractivity contribution in [2.75, 3.05) is 26.2 Å². The molecule has 0 unspecified atom stereocenters. The van der Waals surface area contributed by atoms with Crippen molar-refractivity contribution < 1.29 is 4.79 Å². The van der Waals surface area contributed by atoms with Crippen LogP contribution in [0, 0.1) is 5.92 Å². The van der Waals surface area contributed by atoms with E-state index in [4.69, 9.17) is 0 Å². The number of nitrogens with one attached hydrogen (secondary N) is 1. The molecule has 0 aliphatic carbocycles. The molecule has 1 fully saturated rings. The highest BCUT2D eigenvalue weighted by molar-refractivity contribution is 7.09. The summed E-state index contributed by atoms with van der Waals surface area (Å²) in [5, 5.41) is 5.08. The Bertz CT molecular complexity index is 364. The molecule has 0 radical (unpaired) electrons. The number of likely N-dealkylation sites (tertiary alicyclic amines) is 1. The van der Waals surface area contributed by atoms with Crippen LogP contribution in [-0.2, 0) is 11.2 Å². The van der Waals surface area contributed by atoms with Crippen LogP contribution in [0.4, 0.5) is 0 Å². The highest BCUT2D eigenvalue weighted by Crippen LogP contribution is 2.14. The molecule has 1 aliphatic heterocycles. The van der Waals surface area contributed by atoms with Crippen LogP contribution in [0.15, 0.2) is 17.5 Å². The second kappa shape index (κ2) is 6.90. The molecule has 2 heterocycles. The molecule has 18 heavy (non-hydrogen) atoms. The molecule has 1 N–H and O–H groups in total. The number of nitrogens with zero attached hydrogens (tertiary/aromatic N) is 1. The number of thiophene rings is 1. The summed E-state index contributed by atoms with van der Waals surface area (Å²) >= 11 is 1.75. The quantitative estimate of drug-likeness (QED) is 0.885. The molecule has 4 heteroatoms. The van der Waals surface area contributed by atoms with Gasteiger partial charge in [0.05, 0.1) is 6.54 Å². The Morgan fingerprint density at radius 1 is 1.61 bits per heavy atom. The van der Waals surface area contributed by atoms with Crippen molar-refractivity contribution in [1.82, 2.24) is 10.2 Å². The zero-order valence-electron chi connectivity index (χ0n) is 11.0. The number of hydrogen-bond acceptors (Lipinski definition) is 3. The summed E-state index contributed by atoms with van der Waals surface area (Å²) in [6, 6.07) is 4.17. The van der Waals surface area contributed by atoms with Gasteiger partial charge in [-0.1, -0.05) is 13.0 Å². The van der Waals surface area contributed by atoms with Crippen LogP contribution in [0.25, 0.3) is 0 Å². The normalized spacial score (nSPS) is 20.8. The molecular formula is C14H22N2OS. The van der Waals surface area contributed by atoms with Gasteiger partial charge in [-0.05, 0) is 43.2 Å². The van der Waals surface area contributed by atoms with Crippen molar-refractivity contribution in [2.24, 2.45) is 5.92 Å². The van der Waals surface area contributed by atoms with E-state index < -0.39 is 0 Å². The standard InChI is InChI=1S/C14H22N2OS/c1-12-4-2-8-16(10-12)11-14(17)15-7-6-13-5-3-9-18-13/h3,5,9,12H,2,4,6-8,10-11H2,1H3,(H,15,17)/t12-/m0/s1. The number of rotatable bonds is 5. The molecule has 0 saturated carbocycles. The lowest BCUT2D eigenvalue weighted by Gasteiger charge is -2.30. The summed E-state index contributed by atoms with van der Waals surface area (Å²) in [7, 11) is 0. The Hall–Kier alpha value is -0.870. The van der Waals surface area contributed by atoms with Crippen LogP contribution in [0.3, 0.4) is 0 Å². The molecule has 3 nitrogen and oxygen atoms in total. The van der Waals surface area contributed by atoms with Gasteiger partial charge >= 0.3 is 0 Å². The van der Waals surface area contributed by atoms with E-state index in [1.54, 1.807) is 11.3 Å². The lowest BCUT2D eigenvalue weighted by Crippen LogP contribution is -2.42. The molecule has 2 rings (SSSR count). The monoisotopic (exact) mass is 266 g/mol. The first kappa shape index (κ1) is 13.6. The molecule has 1 aromatic rings. The SMILES string of the molecule is C[C@H]1CCCN(CC(=O)NCCc2cccs2)C1. The minimum Gasteiger partial charge on any atom is -0.355 e. The number of piperidine rings is 1. The van der Waals surface area contributed by atoms with E-state index in [2.05, 4.69) is 34.7 Å². The van der Waals surface area contributed by atoms with E-state index in [0.29, 0.717) is 6.54 Å². The van der Waals surface area contributed by atoms with Crippen molar-refractivity contribution in [2.45, 2.75) is 26.2 Å². The van der Waals surface area contributed by atoms with E-state index in [1.807, 2.05) is 0 Å². The van der Waals surface area contributed by atoms with Crippen molar-refractivity contribution in [3.05, 3.63) is 22.4 Å². The van der Waals surface area contributed by atoms with Gasteiger partial charge in [0.1, 0.15) is 0 Å². The third-order valence-electron chi connectivity index (χ3n) is 3.38. The molecule has 1 aromatic heterocycles. The fourth-order valence-electron chi connectivity index (χ4n) is 2.47. The van der Waals surface area contributed by atoms with Crippen LogP contribution in [0.2, 0.25) is 0 Å². The van der Waals surface area contributed by atoms with Crippen molar-refractivity contribution in [1.29, 1.82) is 0 Å². The lowest BCUT2D eigenvalue weighted by molar-refractivity contribution is -0.122. The first-order chi connectivity index (χ1) is 8.74. The Balaban J connectivity index is 1.62. The number of hydrogen-bond donors (Lipinski definition) is 1. The first-order valence-electron chi connectivity index (χ1n) is 6.75. The van der Waals surface area contributed by atoms with E-state index in [1.165, 1.54) is 17.7 Å². The van der Waals surface area contributed by atoms with Gasteiger partial charge in [0.15, 0.2) is 0 Å². The Kier molecular flexibility index (Phi) is 5.20. The highest BCUT2D eigenvalue weighted by Gasteiger charge is 2.18. The first-order valence-corrected chi connectivity index (χ1v) is 7.63. The second-order valence-corrected chi connectivity index (χ2v) is 6.19. The number of carbonyl (C=O) groups excluding carboxylic acids is 1. The zero-order chi connectivity index (χ0) is 12.8. The topological polar surface area (TPSA) is 32.3 Å². The Morgan fingerprint density at radius 2 is 2.50 bits per heavy atom. The van der Waals surface area contributed by atoms with Gasteiger partial charge in [-0.15, -0.1) is 11.3 Å². The molecule has 100 valence electrons. The largest absolute Gasteiger partial charge is 0.355 e. The molecular weight excluding hydrogens is 244 g/mol. The summed E-state index contributed by atoms with van der Waals surface area (Å²) in [4.78, 5) is 15.4. The maximum Gasteiger partial charge on any atom is 0.234 e. The third kappa shape index (κ3) is 4.42. The predicted molar refractivity (Wildman–Crippen MR) is 75.9 cm³/mol. The summed E-state index contributed by atoms with van der Waals surface area (Å²) in [6.07, 6.45) is 3.47. The van der Waals surface area contributed by atoms with Gasteiger partial charge in [0.2, 0.25) is 5.91 Å². The van der Waals surface area contributed by atoms with Gasteiger partial charge in [0, 0.05) is 18.0 Å². The lowest BCUT2D eigenvalue weighted by atomic mass is 10.0. The van der Waals surface area contributed by atoms with Crippen LogP contribution in [0.5, 0.6) is 0 Å². The van der Waals surface area contributed by atoms with Crippen molar-refractivity contribution >= 4 is 17.2 Å². The molecule has 0 spiro atoms. The van der Waals surface area contributed by atoms with E-state index in [9.17, 15) is 4.79 Å². The maximum absolute atomic E-state index is 11.8. The smallest absolute Gasteiger partial charge is 0.234 e. The van der Waals surface area contributed by atoms with Gasteiger partial charge in [-0.3, -0.25) is 9.69 Å². The van der Waals surface area contributed by atoms with Gasteiger partial charge in [-0.2, -0.15) is 0 Å². The third-order valence-corrected chi connectivity index (χ3v) is 4.32. The predicted octanol–water partition coefficient (Wildman–Crippen LogP) is 2.14. The molecule has 0 aromatic carbocycles. The average Bonchev–Trinajstić information content (AvgIpc) is 2.82. The number of carbonyl (C=O) groups is 1. The van der Waals surface area contributed by atoms with Gasteiger partial charge in [-0.25, -0.2) is 0 Å². The van der Waals surface area contributed by atoms with Crippen LogP contribution >= 0.6 is 11.3 Å². The van der Waals surface area contributed by atoms with Crippen molar-refractivity contribution in [3.8, 4) is 0 Å². The molecule has 1 saturated heterocycles. The highest BCUT2D eigenvalue weighted by atomic mass is 32.1. The van der Waals surface area contributed by atoms with E-state index in [0.717, 1.165) is 32.0 Å². The van der Waals surface area contributed by atoms with Crippen LogP contribution < -0.4 is 5.32 Å². The minimum atomic E-state index is 0.167. The summed E-state index contributed by atoms with van der Waals surface area (Å²) in [5.74, 6) is 0.901. The Morgan fingerprint density at radius 3 is 3.22 bits per heavy atom. The summed E-state index contributed by atoms with van der Waals surface area (Å²) < 4.78 is 0. The van der Waals surface area contributed by atoms with Crippen LogP contribution in [0.1, 0.15) is 24.6 Å². The maximum atomic E-state index is 11.8. The molecule has 1 atom stereocenters.